The third kappa shape index (κ3) is 3.02. The quantitative estimate of drug-likeness (QED) is 0.903. The number of amides is 1. The van der Waals surface area contributed by atoms with Crippen molar-refractivity contribution in [2.24, 2.45) is 0 Å². The first kappa shape index (κ1) is 12.0. The molecule has 1 N–H and O–H groups in total. The van der Waals surface area contributed by atoms with Crippen molar-refractivity contribution >= 4 is 23.1 Å². The molecule has 0 atom stereocenters. The summed E-state index contributed by atoms with van der Waals surface area (Å²) in [6.07, 6.45) is 1.40. The zero-order valence-electron chi connectivity index (χ0n) is 9.16. The van der Waals surface area contributed by atoms with Crippen molar-refractivity contribution in [2.75, 3.05) is 11.9 Å². The summed E-state index contributed by atoms with van der Waals surface area (Å²) in [6, 6.07) is 8.68. The minimum absolute atomic E-state index is 0.0316. The normalized spacial score (nSPS) is 9.50. The van der Waals surface area contributed by atoms with E-state index in [2.05, 4.69) is 14.9 Å². The summed E-state index contributed by atoms with van der Waals surface area (Å²) < 4.78 is 8.75. The fraction of sp³-hybridized carbons (Fsp3) is 0.0909. The van der Waals surface area contributed by atoms with E-state index in [0.29, 0.717) is 16.3 Å². The van der Waals surface area contributed by atoms with Gasteiger partial charge in [-0.2, -0.15) is 5.26 Å². The lowest BCUT2D eigenvalue weighted by Crippen LogP contribution is -2.10. The summed E-state index contributed by atoms with van der Waals surface area (Å²) in [5, 5.41) is 14.7. The Kier molecular flexibility index (Phi) is 3.83. The zero-order chi connectivity index (χ0) is 12.8. The van der Waals surface area contributed by atoms with E-state index >= 15 is 0 Å². The maximum Gasteiger partial charge on any atom is 0.269 e. The van der Waals surface area contributed by atoms with Gasteiger partial charge in [-0.1, -0.05) is 10.6 Å². The highest BCUT2D eigenvalue weighted by Crippen LogP contribution is 2.18. The van der Waals surface area contributed by atoms with E-state index < -0.39 is 0 Å². The Hall–Kier alpha value is -2.46. The Morgan fingerprint density at radius 2 is 2.44 bits per heavy atom. The molecular formula is C11H8N4O2S. The molecule has 0 aliphatic carbocycles. The van der Waals surface area contributed by atoms with Crippen LogP contribution in [0.25, 0.3) is 0 Å². The highest BCUT2D eigenvalue weighted by Gasteiger charge is 2.08. The average molecular weight is 260 g/mol. The van der Waals surface area contributed by atoms with Crippen LogP contribution in [0.15, 0.2) is 30.5 Å². The van der Waals surface area contributed by atoms with Crippen molar-refractivity contribution in [3.63, 3.8) is 0 Å². The molecule has 0 spiro atoms. The largest absolute Gasteiger partial charge is 0.479 e. The van der Waals surface area contributed by atoms with Gasteiger partial charge in [0, 0.05) is 11.8 Å². The molecule has 18 heavy (non-hydrogen) atoms. The average Bonchev–Trinajstić information content (AvgIpc) is 2.91. The predicted octanol–water partition coefficient (Wildman–Crippen LogP) is 1.69. The first-order valence-corrected chi connectivity index (χ1v) is 5.75. The second kappa shape index (κ2) is 5.75. The molecule has 0 radical (unpaired) electrons. The molecule has 0 aliphatic heterocycles. The lowest BCUT2D eigenvalue weighted by molar-refractivity contribution is 0.103. The third-order valence-corrected chi connectivity index (χ3v) is 2.64. The number of nitrogens with one attached hydrogen (secondary N) is 1. The van der Waals surface area contributed by atoms with Gasteiger partial charge >= 0.3 is 0 Å². The number of nitriles is 1. The lowest BCUT2D eigenvalue weighted by atomic mass is 10.3. The maximum atomic E-state index is 11.7. The Bertz CT molecular complexity index is 577. The SMILES string of the molecule is N#CCOc1cccc(NC(=O)c2cnns2)c1. The number of benzene rings is 1. The van der Waals surface area contributed by atoms with E-state index in [4.69, 9.17) is 10.00 Å². The molecule has 90 valence electrons. The Balaban J connectivity index is 2.05. The number of carbonyl (C=O) groups excluding carboxylic acids is 1. The number of carbonyl (C=O) groups is 1. The van der Waals surface area contributed by atoms with Crippen molar-refractivity contribution < 1.29 is 9.53 Å². The molecule has 2 rings (SSSR count). The lowest BCUT2D eigenvalue weighted by Gasteiger charge is -2.05. The Morgan fingerprint density at radius 1 is 1.56 bits per heavy atom. The summed E-state index contributed by atoms with van der Waals surface area (Å²) in [4.78, 5) is 12.2. The number of rotatable bonds is 4. The van der Waals surface area contributed by atoms with Gasteiger partial charge in [0.2, 0.25) is 0 Å². The number of ether oxygens (including phenoxy) is 1. The van der Waals surface area contributed by atoms with Gasteiger partial charge in [-0.3, -0.25) is 4.79 Å². The second-order valence-electron chi connectivity index (χ2n) is 3.21. The standard InChI is InChI=1S/C11H8N4O2S/c12-4-5-17-9-3-1-2-8(6-9)14-11(16)10-7-13-15-18-10/h1-3,6-7H,5H2,(H,14,16). The van der Waals surface area contributed by atoms with E-state index in [9.17, 15) is 4.79 Å². The summed E-state index contributed by atoms with van der Waals surface area (Å²) in [6.45, 7) is -0.0316. The van der Waals surface area contributed by atoms with Crippen LogP contribution >= 0.6 is 11.5 Å². The van der Waals surface area contributed by atoms with E-state index in [0.717, 1.165) is 11.5 Å². The fourth-order valence-electron chi connectivity index (χ4n) is 1.24. The zero-order valence-corrected chi connectivity index (χ0v) is 9.98. The molecular weight excluding hydrogens is 252 g/mol. The molecule has 1 aromatic carbocycles. The van der Waals surface area contributed by atoms with E-state index in [1.165, 1.54) is 6.20 Å². The molecule has 0 saturated carbocycles. The van der Waals surface area contributed by atoms with E-state index in [1.807, 2.05) is 6.07 Å². The molecule has 6 nitrogen and oxygen atoms in total. The molecule has 0 aliphatic rings. The van der Waals surface area contributed by atoms with Crippen LogP contribution in [0.4, 0.5) is 5.69 Å². The third-order valence-electron chi connectivity index (χ3n) is 1.98. The Labute approximate surface area is 107 Å². The minimum atomic E-state index is -0.276. The number of anilines is 1. The molecule has 0 fully saturated rings. The molecule has 1 heterocycles. The Morgan fingerprint density at radius 3 is 3.17 bits per heavy atom. The number of hydrogen-bond donors (Lipinski definition) is 1. The second-order valence-corrected chi connectivity index (χ2v) is 4.00. The molecule has 1 aromatic heterocycles. The van der Waals surface area contributed by atoms with Crippen LogP contribution in [-0.4, -0.2) is 22.1 Å². The molecule has 2 aromatic rings. The van der Waals surface area contributed by atoms with Crippen LogP contribution in [0.2, 0.25) is 0 Å². The van der Waals surface area contributed by atoms with Crippen LogP contribution in [0.3, 0.4) is 0 Å². The van der Waals surface area contributed by atoms with Gasteiger partial charge in [0.1, 0.15) is 16.7 Å². The van der Waals surface area contributed by atoms with Crippen LogP contribution in [0.1, 0.15) is 9.67 Å². The topological polar surface area (TPSA) is 87.9 Å². The summed E-state index contributed by atoms with van der Waals surface area (Å²) in [7, 11) is 0. The molecule has 0 bridgehead atoms. The summed E-state index contributed by atoms with van der Waals surface area (Å²) in [5.74, 6) is 0.249. The first-order chi connectivity index (χ1) is 8.79. The fourth-order valence-corrected chi connectivity index (χ4v) is 1.65. The molecule has 0 saturated heterocycles. The van der Waals surface area contributed by atoms with Crippen LogP contribution in [0.5, 0.6) is 5.75 Å². The van der Waals surface area contributed by atoms with Gasteiger partial charge in [0.05, 0.1) is 6.20 Å². The van der Waals surface area contributed by atoms with E-state index in [-0.39, 0.29) is 12.5 Å². The van der Waals surface area contributed by atoms with E-state index in [1.54, 1.807) is 24.3 Å². The molecule has 0 unspecified atom stereocenters. The summed E-state index contributed by atoms with van der Waals surface area (Å²) >= 11 is 1.02. The van der Waals surface area contributed by atoms with Crippen molar-refractivity contribution in [3.05, 3.63) is 35.3 Å². The van der Waals surface area contributed by atoms with Crippen LogP contribution < -0.4 is 10.1 Å². The number of hydrogen-bond acceptors (Lipinski definition) is 6. The smallest absolute Gasteiger partial charge is 0.269 e. The predicted molar refractivity (Wildman–Crippen MR) is 65.4 cm³/mol. The number of aromatic nitrogens is 2. The van der Waals surface area contributed by atoms with Gasteiger partial charge in [0.15, 0.2) is 6.61 Å². The minimum Gasteiger partial charge on any atom is -0.479 e. The molecule has 7 heteroatoms. The van der Waals surface area contributed by atoms with Crippen molar-refractivity contribution in [2.45, 2.75) is 0 Å². The van der Waals surface area contributed by atoms with Gasteiger partial charge in [0.25, 0.3) is 5.91 Å². The van der Waals surface area contributed by atoms with Crippen molar-refractivity contribution in [1.82, 2.24) is 9.59 Å². The van der Waals surface area contributed by atoms with Gasteiger partial charge in [-0.05, 0) is 23.7 Å². The number of nitrogens with zero attached hydrogens (tertiary/aromatic N) is 3. The summed E-state index contributed by atoms with van der Waals surface area (Å²) in [5.41, 5.74) is 0.587. The van der Waals surface area contributed by atoms with Gasteiger partial charge in [-0.25, -0.2) is 0 Å². The molecule has 1 amide bonds. The monoisotopic (exact) mass is 260 g/mol. The van der Waals surface area contributed by atoms with Crippen LogP contribution in [0, 0.1) is 11.3 Å². The first-order valence-electron chi connectivity index (χ1n) is 4.98. The van der Waals surface area contributed by atoms with Crippen LogP contribution in [-0.2, 0) is 0 Å². The van der Waals surface area contributed by atoms with Crippen molar-refractivity contribution in [1.29, 1.82) is 5.26 Å². The van der Waals surface area contributed by atoms with Gasteiger partial charge in [-0.15, -0.1) is 5.10 Å². The maximum absolute atomic E-state index is 11.7. The highest BCUT2D eigenvalue weighted by molar-refractivity contribution is 7.07. The van der Waals surface area contributed by atoms with Crippen molar-refractivity contribution in [3.8, 4) is 11.8 Å². The van der Waals surface area contributed by atoms with Gasteiger partial charge < -0.3 is 10.1 Å². The highest BCUT2D eigenvalue weighted by atomic mass is 32.1.